The number of nitrogens with zero attached hydrogens (tertiary/aromatic N) is 1. The van der Waals surface area contributed by atoms with E-state index in [1.165, 1.54) is 4.57 Å². The van der Waals surface area contributed by atoms with Crippen molar-refractivity contribution in [2.75, 3.05) is 6.61 Å². The molecule has 3 atom stereocenters. The molecule has 0 bridgehead atoms. The minimum atomic E-state index is -0.547. The third-order valence-electron chi connectivity index (χ3n) is 6.25. The zero-order chi connectivity index (χ0) is 22.9. The molecule has 33 heavy (non-hydrogen) atoms. The maximum Gasteiger partial charge on any atom is 0.330 e. The zero-order valence-electron chi connectivity index (χ0n) is 18.8. The second-order valence-corrected chi connectivity index (χ2v) is 8.98. The molecule has 5 rings (SSSR count). The van der Waals surface area contributed by atoms with Crippen LogP contribution in [0, 0.1) is 13.8 Å². The molecule has 1 aliphatic heterocycles. The van der Waals surface area contributed by atoms with Crippen LogP contribution in [0.15, 0.2) is 64.3 Å². The van der Waals surface area contributed by atoms with Crippen LogP contribution in [-0.4, -0.2) is 28.4 Å². The number of hydrogen-bond acceptors (Lipinski definition) is 5. The fraction of sp³-hybridized carbons (Fsp3) is 0.385. The Hall–Kier alpha value is -3.32. The molecule has 1 aliphatic carbocycles. The van der Waals surface area contributed by atoms with Crippen LogP contribution in [0.4, 0.5) is 0 Å². The Morgan fingerprint density at radius 1 is 0.970 bits per heavy atom. The largest absolute Gasteiger partial charge is 0.491 e. The summed E-state index contributed by atoms with van der Waals surface area (Å²) in [5, 5.41) is 0. The molecule has 1 aromatic heterocycles. The zero-order valence-corrected chi connectivity index (χ0v) is 18.8. The van der Waals surface area contributed by atoms with Crippen LogP contribution >= 0.6 is 0 Å². The lowest BCUT2D eigenvalue weighted by Crippen LogP contribution is -2.34. The Balaban J connectivity index is 1.38. The van der Waals surface area contributed by atoms with Crippen LogP contribution < -0.4 is 20.7 Å². The van der Waals surface area contributed by atoms with Crippen molar-refractivity contribution >= 4 is 0 Å². The molecular weight excluding hydrogens is 420 g/mol. The van der Waals surface area contributed by atoms with Gasteiger partial charge in [-0.25, -0.2) is 4.79 Å². The van der Waals surface area contributed by atoms with Gasteiger partial charge in [0.2, 0.25) is 0 Å². The fourth-order valence-electron chi connectivity index (χ4n) is 4.15. The Morgan fingerprint density at radius 3 is 2.24 bits per heavy atom. The number of H-pyrrole nitrogens is 1. The van der Waals surface area contributed by atoms with Crippen LogP contribution in [0.2, 0.25) is 0 Å². The third kappa shape index (κ3) is 4.88. The fourth-order valence-corrected chi connectivity index (χ4v) is 4.15. The smallest absolute Gasteiger partial charge is 0.330 e. The summed E-state index contributed by atoms with van der Waals surface area (Å²) < 4.78 is 20.0. The average molecular weight is 449 g/mol. The Bertz CT molecular complexity index is 1230. The third-order valence-corrected chi connectivity index (χ3v) is 6.25. The summed E-state index contributed by atoms with van der Waals surface area (Å²) in [5.41, 5.74) is 2.18. The normalized spacial score (nSPS) is 22.3. The monoisotopic (exact) mass is 448 g/mol. The van der Waals surface area contributed by atoms with Crippen molar-refractivity contribution in [1.29, 1.82) is 0 Å². The molecule has 0 unspecified atom stereocenters. The number of ether oxygens (including phenoxy) is 3. The second-order valence-electron chi connectivity index (χ2n) is 8.98. The van der Waals surface area contributed by atoms with E-state index in [0.29, 0.717) is 12.0 Å². The number of rotatable bonds is 7. The van der Waals surface area contributed by atoms with Gasteiger partial charge < -0.3 is 14.2 Å². The SMILES string of the molecule is Cc1ccc(OC[C@H]2O[C@H](n3cc(C4CC4)c(=O)[nH]c3=O)C[C@@H]2Oc2ccc(C)cc2)cc1. The molecule has 1 saturated carbocycles. The number of aromatic amines is 1. The van der Waals surface area contributed by atoms with E-state index in [1.54, 1.807) is 6.20 Å². The van der Waals surface area contributed by atoms with Gasteiger partial charge in [0.05, 0.1) is 0 Å². The molecule has 7 heteroatoms. The van der Waals surface area contributed by atoms with Gasteiger partial charge in [0.1, 0.15) is 36.5 Å². The van der Waals surface area contributed by atoms with Crippen LogP contribution in [0.3, 0.4) is 0 Å². The maximum absolute atomic E-state index is 12.6. The quantitative estimate of drug-likeness (QED) is 0.594. The summed E-state index contributed by atoms with van der Waals surface area (Å²) in [6.45, 7) is 4.33. The van der Waals surface area contributed by atoms with Gasteiger partial charge in [-0.1, -0.05) is 35.4 Å². The molecule has 2 fully saturated rings. The second kappa shape index (κ2) is 8.90. The molecule has 0 amide bonds. The molecule has 3 aromatic rings. The minimum absolute atomic E-state index is 0.224. The van der Waals surface area contributed by atoms with Gasteiger partial charge in [-0.3, -0.25) is 14.3 Å². The lowest BCUT2D eigenvalue weighted by Gasteiger charge is -2.20. The topological polar surface area (TPSA) is 82.5 Å². The molecule has 1 N–H and O–H groups in total. The number of benzene rings is 2. The van der Waals surface area contributed by atoms with Crippen molar-refractivity contribution in [2.45, 2.75) is 57.5 Å². The van der Waals surface area contributed by atoms with Gasteiger partial charge in [0, 0.05) is 18.2 Å². The molecule has 0 spiro atoms. The van der Waals surface area contributed by atoms with Crippen molar-refractivity contribution in [3.05, 3.63) is 92.3 Å². The molecular formula is C26H28N2O5. The van der Waals surface area contributed by atoms with Crippen molar-refractivity contribution in [1.82, 2.24) is 9.55 Å². The van der Waals surface area contributed by atoms with Crippen LogP contribution in [0.1, 0.15) is 48.1 Å². The van der Waals surface area contributed by atoms with Gasteiger partial charge in [-0.05, 0) is 56.9 Å². The van der Waals surface area contributed by atoms with Gasteiger partial charge in [0.25, 0.3) is 5.56 Å². The van der Waals surface area contributed by atoms with Gasteiger partial charge in [0.15, 0.2) is 0 Å². The van der Waals surface area contributed by atoms with E-state index >= 15 is 0 Å². The van der Waals surface area contributed by atoms with Crippen molar-refractivity contribution in [2.24, 2.45) is 0 Å². The molecule has 2 aliphatic rings. The first-order valence-electron chi connectivity index (χ1n) is 11.4. The van der Waals surface area contributed by atoms with E-state index in [1.807, 2.05) is 62.4 Å². The highest BCUT2D eigenvalue weighted by molar-refractivity contribution is 5.27. The molecule has 7 nitrogen and oxygen atoms in total. The summed E-state index contributed by atoms with van der Waals surface area (Å²) in [5.74, 6) is 1.71. The summed E-state index contributed by atoms with van der Waals surface area (Å²) >= 11 is 0. The molecule has 172 valence electrons. The van der Waals surface area contributed by atoms with E-state index in [0.717, 1.165) is 35.5 Å². The average Bonchev–Trinajstić information content (AvgIpc) is 3.56. The van der Waals surface area contributed by atoms with E-state index < -0.39 is 11.9 Å². The predicted octanol–water partition coefficient (Wildman–Crippen LogP) is 3.84. The van der Waals surface area contributed by atoms with Gasteiger partial charge in [-0.2, -0.15) is 0 Å². The molecule has 2 aromatic carbocycles. The Kier molecular flexibility index (Phi) is 5.81. The summed E-state index contributed by atoms with van der Waals surface area (Å²) in [4.78, 5) is 27.3. The molecule has 0 radical (unpaired) electrons. The first-order chi connectivity index (χ1) is 16.0. The number of hydrogen-bond donors (Lipinski definition) is 1. The van der Waals surface area contributed by atoms with Crippen LogP contribution in [-0.2, 0) is 4.74 Å². The molecule has 2 heterocycles. The summed E-state index contributed by atoms with van der Waals surface area (Å²) in [7, 11) is 0. The molecule has 1 saturated heterocycles. The minimum Gasteiger partial charge on any atom is -0.491 e. The van der Waals surface area contributed by atoms with E-state index in [2.05, 4.69) is 4.98 Å². The lowest BCUT2D eigenvalue weighted by atomic mass is 10.1. The highest BCUT2D eigenvalue weighted by Gasteiger charge is 2.39. The van der Waals surface area contributed by atoms with Crippen molar-refractivity contribution in [3.63, 3.8) is 0 Å². The summed E-state index contributed by atoms with van der Waals surface area (Å²) in [6.07, 6.45) is 2.82. The van der Waals surface area contributed by atoms with Gasteiger partial charge >= 0.3 is 5.69 Å². The van der Waals surface area contributed by atoms with Crippen LogP contribution in [0.5, 0.6) is 11.5 Å². The maximum atomic E-state index is 12.6. The number of aryl methyl sites for hydroxylation is 2. The standard InChI is InChI=1S/C26H28N2O5/c1-16-3-9-19(10-4-16)31-15-23-22(32-20-11-5-17(2)6-12-20)13-24(33-23)28-14-21(18-7-8-18)25(29)27-26(28)30/h3-6,9-12,14,18,22-24H,7-8,13,15H2,1-2H3,(H,27,29,30)/t22-,23+,24-/m0/s1. The Morgan fingerprint density at radius 2 is 1.61 bits per heavy atom. The van der Waals surface area contributed by atoms with E-state index in [-0.39, 0.29) is 30.3 Å². The Labute approximate surface area is 191 Å². The predicted molar refractivity (Wildman–Crippen MR) is 124 cm³/mol. The number of nitrogens with one attached hydrogen (secondary N) is 1. The first-order valence-corrected chi connectivity index (χ1v) is 11.4. The summed E-state index contributed by atoms with van der Waals surface area (Å²) in [6, 6.07) is 15.7. The highest BCUT2D eigenvalue weighted by Crippen LogP contribution is 2.38. The van der Waals surface area contributed by atoms with Crippen molar-refractivity contribution < 1.29 is 14.2 Å². The van der Waals surface area contributed by atoms with Crippen LogP contribution in [0.25, 0.3) is 0 Å². The van der Waals surface area contributed by atoms with Gasteiger partial charge in [-0.15, -0.1) is 0 Å². The van der Waals surface area contributed by atoms with Crippen molar-refractivity contribution in [3.8, 4) is 11.5 Å². The highest BCUT2D eigenvalue weighted by atomic mass is 16.6. The number of aromatic nitrogens is 2. The lowest BCUT2D eigenvalue weighted by molar-refractivity contribution is -0.0372. The van der Waals surface area contributed by atoms with E-state index in [9.17, 15) is 9.59 Å². The first kappa shape index (κ1) is 21.5. The van der Waals surface area contributed by atoms with E-state index in [4.69, 9.17) is 14.2 Å².